The number of benzene rings is 2. The number of carbonyl (C=O) groups excluding carboxylic acids is 1. The number of pyridine rings is 1. The van der Waals surface area contributed by atoms with E-state index in [1.165, 1.54) is 0 Å². The Morgan fingerprint density at radius 2 is 1.91 bits per heavy atom. The summed E-state index contributed by atoms with van der Waals surface area (Å²) in [6, 6.07) is 17.6. The summed E-state index contributed by atoms with van der Waals surface area (Å²) in [7, 11) is 1.63. The average Bonchev–Trinajstić information content (AvgIpc) is 3.41. The molecule has 0 saturated heterocycles. The van der Waals surface area contributed by atoms with Gasteiger partial charge < -0.3 is 4.74 Å². The largest absolute Gasteiger partial charge is 0.497 e. The van der Waals surface area contributed by atoms with Gasteiger partial charge in [0, 0.05) is 23.1 Å². The molecule has 3 nitrogen and oxygen atoms in total. The fraction of sp³-hybridized carbons (Fsp3) is 0.200. The molecule has 0 N–H and O–H groups in total. The molecule has 3 heteroatoms. The topological polar surface area (TPSA) is 39.2 Å². The van der Waals surface area contributed by atoms with E-state index in [1.54, 1.807) is 7.11 Å². The first kappa shape index (κ1) is 13.9. The Hall–Kier alpha value is -2.68. The Kier molecular flexibility index (Phi) is 3.34. The number of aromatic nitrogens is 1. The SMILES string of the molecule is COc1ccc(C(=O)[C@H]2C[C@@H]2c2cnc3ccccc3c2)cc1. The number of hydrogen-bond donors (Lipinski definition) is 0. The van der Waals surface area contributed by atoms with Gasteiger partial charge in [-0.15, -0.1) is 0 Å². The lowest BCUT2D eigenvalue weighted by atomic mass is 10.0. The lowest BCUT2D eigenvalue weighted by Gasteiger charge is -2.04. The maximum Gasteiger partial charge on any atom is 0.166 e. The number of methoxy groups -OCH3 is 1. The second-order valence-electron chi connectivity index (χ2n) is 6.00. The number of rotatable bonds is 4. The van der Waals surface area contributed by atoms with Gasteiger partial charge in [-0.05, 0) is 54.3 Å². The highest BCUT2D eigenvalue weighted by Gasteiger charge is 2.44. The first-order chi connectivity index (χ1) is 11.3. The second kappa shape index (κ2) is 5.51. The summed E-state index contributed by atoms with van der Waals surface area (Å²) in [5.74, 6) is 1.35. The van der Waals surface area contributed by atoms with E-state index in [0.29, 0.717) is 5.92 Å². The van der Waals surface area contributed by atoms with Crippen molar-refractivity contribution in [2.45, 2.75) is 12.3 Å². The zero-order valence-electron chi connectivity index (χ0n) is 12.9. The van der Waals surface area contributed by atoms with Crippen LogP contribution >= 0.6 is 0 Å². The number of hydrogen-bond acceptors (Lipinski definition) is 3. The van der Waals surface area contributed by atoms with Crippen LogP contribution in [0.5, 0.6) is 5.75 Å². The number of ketones is 1. The number of para-hydroxylation sites is 1. The van der Waals surface area contributed by atoms with Crippen LogP contribution in [0.4, 0.5) is 0 Å². The third-order valence-corrected chi connectivity index (χ3v) is 4.54. The average molecular weight is 303 g/mol. The molecule has 0 radical (unpaired) electrons. The van der Waals surface area contributed by atoms with E-state index in [9.17, 15) is 4.79 Å². The molecule has 2 atom stereocenters. The van der Waals surface area contributed by atoms with Crippen LogP contribution in [-0.2, 0) is 0 Å². The smallest absolute Gasteiger partial charge is 0.166 e. The van der Waals surface area contributed by atoms with Crippen LogP contribution < -0.4 is 4.74 Å². The molecule has 0 unspecified atom stereocenters. The Balaban J connectivity index is 1.54. The molecule has 1 aliphatic carbocycles. The fourth-order valence-corrected chi connectivity index (χ4v) is 3.11. The summed E-state index contributed by atoms with van der Waals surface area (Å²) in [5, 5.41) is 1.13. The van der Waals surface area contributed by atoms with Crippen molar-refractivity contribution >= 4 is 16.7 Å². The minimum absolute atomic E-state index is 0.0753. The molecule has 0 spiro atoms. The molecule has 1 aromatic heterocycles. The molecular weight excluding hydrogens is 286 g/mol. The highest BCUT2D eigenvalue weighted by atomic mass is 16.5. The molecule has 3 aromatic rings. The standard InChI is InChI=1S/C20H17NO2/c1-23-16-8-6-13(7-9-16)20(22)18-11-17(18)15-10-14-4-2-3-5-19(14)21-12-15/h2-10,12,17-18H,11H2,1H3/t17-,18+/m1/s1. The monoisotopic (exact) mass is 303 g/mol. The summed E-state index contributed by atoms with van der Waals surface area (Å²) in [4.78, 5) is 17.1. The van der Waals surface area contributed by atoms with Crippen LogP contribution in [0.15, 0.2) is 60.8 Å². The van der Waals surface area contributed by atoms with E-state index in [4.69, 9.17) is 4.74 Å². The van der Waals surface area contributed by atoms with Crippen molar-refractivity contribution in [2.24, 2.45) is 5.92 Å². The third-order valence-electron chi connectivity index (χ3n) is 4.54. The molecule has 1 saturated carbocycles. The van der Waals surface area contributed by atoms with Gasteiger partial charge >= 0.3 is 0 Å². The highest BCUT2D eigenvalue weighted by molar-refractivity contribution is 6.00. The van der Waals surface area contributed by atoms with Gasteiger partial charge in [-0.2, -0.15) is 0 Å². The molecule has 114 valence electrons. The molecule has 1 heterocycles. The summed E-state index contributed by atoms with van der Waals surface area (Å²) in [6.07, 6.45) is 2.82. The highest BCUT2D eigenvalue weighted by Crippen LogP contribution is 2.49. The first-order valence-corrected chi connectivity index (χ1v) is 7.79. The molecule has 0 amide bonds. The number of Topliss-reactive ketones (excluding diaryl/α,β-unsaturated/α-hetero) is 1. The molecular formula is C20H17NO2. The van der Waals surface area contributed by atoms with Gasteiger partial charge in [0.2, 0.25) is 0 Å². The second-order valence-corrected chi connectivity index (χ2v) is 6.00. The van der Waals surface area contributed by atoms with Crippen molar-refractivity contribution in [3.8, 4) is 5.75 Å². The predicted octanol–water partition coefficient (Wildman–Crippen LogP) is 4.23. The van der Waals surface area contributed by atoms with Crippen LogP contribution in [-0.4, -0.2) is 17.9 Å². The van der Waals surface area contributed by atoms with E-state index in [1.807, 2.05) is 48.7 Å². The minimum atomic E-state index is 0.0753. The van der Waals surface area contributed by atoms with E-state index < -0.39 is 0 Å². The number of carbonyl (C=O) groups is 1. The van der Waals surface area contributed by atoms with E-state index >= 15 is 0 Å². The van der Waals surface area contributed by atoms with Crippen molar-refractivity contribution in [3.05, 3.63) is 71.9 Å². The molecule has 1 fully saturated rings. The van der Waals surface area contributed by atoms with Crippen LogP contribution in [0.1, 0.15) is 28.3 Å². The molecule has 0 bridgehead atoms. The summed E-state index contributed by atoms with van der Waals surface area (Å²) < 4.78 is 5.14. The van der Waals surface area contributed by atoms with Crippen molar-refractivity contribution in [1.29, 1.82) is 0 Å². The van der Waals surface area contributed by atoms with Crippen LogP contribution in [0, 0.1) is 5.92 Å². The molecule has 1 aliphatic rings. The predicted molar refractivity (Wildman–Crippen MR) is 89.9 cm³/mol. The summed E-state index contributed by atoms with van der Waals surface area (Å²) >= 11 is 0. The quantitative estimate of drug-likeness (QED) is 0.677. The van der Waals surface area contributed by atoms with Gasteiger partial charge in [-0.1, -0.05) is 18.2 Å². The zero-order valence-corrected chi connectivity index (χ0v) is 12.9. The van der Waals surface area contributed by atoms with Crippen molar-refractivity contribution in [3.63, 3.8) is 0 Å². The normalized spacial score (nSPS) is 19.5. The summed E-state index contributed by atoms with van der Waals surface area (Å²) in [6.45, 7) is 0. The fourth-order valence-electron chi connectivity index (χ4n) is 3.11. The maximum absolute atomic E-state index is 12.6. The maximum atomic E-state index is 12.6. The van der Waals surface area contributed by atoms with Gasteiger partial charge in [-0.3, -0.25) is 9.78 Å². The van der Waals surface area contributed by atoms with Crippen molar-refractivity contribution in [2.75, 3.05) is 7.11 Å². The van der Waals surface area contributed by atoms with Crippen LogP contribution in [0.25, 0.3) is 10.9 Å². The number of nitrogens with zero attached hydrogens (tertiary/aromatic N) is 1. The Morgan fingerprint density at radius 3 is 2.70 bits per heavy atom. The lowest BCUT2D eigenvalue weighted by Crippen LogP contribution is -2.03. The van der Waals surface area contributed by atoms with Crippen LogP contribution in [0.3, 0.4) is 0 Å². The van der Waals surface area contributed by atoms with E-state index in [0.717, 1.165) is 34.2 Å². The molecule has 0 aliphatic heterocycles. The van der Waals surface area contributed by atoms with Crippen molar-refractivity contribution < 1.29 is 9.53 Å². The van der Waals surface area contributed by atoms with E-state index in [-0.39, 0.29) is 11.7 Å². The van der Waals surface area contributed by atoms with E-state index in [2.05, 4.69) is 17.1 Å². The van der Waals surface area contributed by atoms with Crippen molar-refractivity contribution in [1.82, 2.24) is 4.98 Å². The Bertz CT molecular complexity index is 870. The van der Waals surface area contributed by atoms with Gasteiger partial charge in [0.25, 0.3) is 0 Å². The van der Waals surface area contributed by atoms with Gasteiger partial charge in [0.15, 0.2) is 5.78 Å². The van der Waals surface area contributed by atoms with Crippen LogP contribution in [0.2, 0.25) is 0 Å². The van der Waals surface area contributed by atoms with Gasteiger partial charge in [-0.25, -0.2) is 0 Å². The molecule has 2 aromatic carbocycles. The third kappa shape index (κ3) is 2.59. The molecule has 4 rings (SSSR count). The van der Waals surface area contributed by atoms with Gasteiger partial charge in [0.05, 0.1) is 12.6 Å². The number of fused-ring (bicyclic) bond motifs is 1. The van der Waals surface area contributed by atoms with Gasteiger partial charge in [0.1, 0.15) is 5.75 Å². The molecule has 23 heavy (non-hydrogen) atoms. The first-order valence-electron chi connectivity index (χ1n) is 7.79. The Morgan fingerprint density at radius 1 is 1.13 bits per heavy atom. The Labute approximate surface area is 134 Å². The number of ether oxygens (including phenoxy) is 1. The lowest BCUT2D eigenvalue weighted by molar-refractivity contribution is 0.0965. The zero-order chi connectivity index (χ0) is 15.8. The minimum Gasteiger partial charge on any atom is -0.497 e. The summed E-state index contributed by atoms with van der Waals surface area (Å²) in [5.41, 5.74) is 2.91.